The Labute approximate surface area is 172 Å². The molecule has 10 heteroatoms. The number of carbonyl (C=O) groups excluding carboxylic acids is 6. The van der Waals surface area contributed by atoms with Crippen LogP contribution in [0.25, 0.3) is 0 Å². The third-order valence-corrected chi connectivity index (χ3v) is 5.02. The number of nitrogens with one attached hydrogen (secondary N) is 2. The van der Waals surface area contributed by atoms with Gasteiger partial charge in [0.2, 0.25) is 11.8 Å². The van der Waals surface area contributed by atoms with Gasteiger partial charge in [-0.15, -0.1) is 26.3 Å². The van der Waals surface area contributed by atoms with Crippen LogP contribution in [-0.2, 0) is 19.2 Å². The smallest absolute Gasteiger partial charge is 0.277 e. The van der Waals surface area contributed by atoms with Gasteiger partial charge in [0.1, 0.15) is 10.8 Å². The first kappa shape index (κ1) is 22.5. The van der Waals surface area contributed by atoms with E-state index in [-0.39, 0.29) is 25.7 Å². The third-order valence-electron chi connectivity index (χ3n) is 5.02. The van der Waals surface area contributed by atoms with Gasteiger partial charge in [-0.1, -0.05) is 24.3 Å². The molecule has 8 amide bonds. The molecule has 0 aromatic carbocycles. The number of urea groups is 2. The van der Waals surface area contributed by atoms with E-state index in [0.29, 0.717) is 0 Å². The Bertz CT molecular complexity index is 802. The number of carbonyl (C=O) groups is 6. The SMILES string of the molecule is C=CCC1(CC=C)C(=O)N2C(=O)N2C1=O.C=CCC1(CC=C)C(=O)NC(=O)NC1=O. The molecule has 0 aromatic rings. The van der Waals surface area contributed by atoms with Crippen LogP contribution in [0.3, 0.4) is 0 Å². The molecule has 30 heavy (non-hydrogen) atoms. The molecule has 0 saturated carbocycles. The van der Waals surface area contributed by atoms with E-state index < -0.39 is 46.5 Å². The summed E-state index contributed by atoms with van der Waals surface area (Å²) in [4.78, 5) is 68.7. The average Bonchev–Trinajstić information content (AvgIpc) is 3.29. The highest BCUT2D eigenvalue weighted by molar-refractivity contribution is 6.28. The molecule has 0 unspecified atom stereocenters. The molecule has 3 heterocycles. The van der Waals surface area contributed by atoms with Crippen molar-refractivity contribution in [1.82, 2.24) is 20.7 Å². The zero-order chi connectivity index (χ0) is 22.7. The zero-order valence-electron chi connectivity index (χ0n) is 16.3. The zero-order valence-corrected chi connectivity index (χ0v) is 16.3. The predicted molar refractivity (Wildman–Crippen MR) is 105 cm³/mol. The van der Waals surface area contributed by atoms with Crippen LogP contribution in [-0.4, -0.2) is 45.7 Å². The van der Waals surface area contributed by atoms with Crippen molar-refractivity contribution in [3.63, 3.8) is 0 Å². The lowest BCUT2D eigenvalue weighted by Gasteiger charge is -2.32. The molecule has 158 valence electrons. The molecule has 3 saturated heterocycles. The van der Waals surface area contributed by atoms with Gasteiger partial charge in [-0.05, 0) is 25.7 Å². The van der Waals surface area contributed by atoms with Crippen LogP contribution in [0.5, 0.6) is 0 Å². The fraction of sp³-hybridized carbons (Fsp3) is 0.300. The van der Waals surface area contributed by atoms with Gasteiger partial charge in [-0.3, -0.25) is 29.8 Å². The number of fused-ring (bicyclic) bond motifs is 1. The molecule has 0 radical (unpaired) electrons. The Balaban J connectivity index is 0.000000214. The van der Waals surface area contributed by atoms with Gasteiger partial charge in [0.15, 0.2) is 0 Å². The number of hydrogen-bond acceptors (Lipinski definition) is 6. The first-order valence-corrected chi connectivity index (χ1v) is 9.00. The van der Waals surface area contributed by atoms with Gasteiger partial charge in [-0.2, -0.15) is 10.0 Å². The minimum Gasteiger partial charge on any atom is -0.277 e. The fourth-order valence-electron chi connectivity index (χ4n) is 3.44. The Morgan fingerprint density at radius 1 is 0.633 bits per heavy atom. The van der Waals surface area contributed by atoms with Gasteiger partial charge in [0.25, 0.3) is 11.8 Å². The van der Waals surface area contributed by atoms with Gasteiger partial charge >= 0.3 is 12.1 Å². The van der Waals surface area contributed by atoms with Crippen molar-refractivity contribution in [2.24, 2.45) is 10.8 Å². The fourth-order valence-corrected chi connectivity index (χ4v) is 3.44. The standard InChI is InChI=1S/C10H10N2O3.C10H12N2O3/c1-3-5-10(6-4-2)7(13)11-9(15)12(11)8(10)14;1-3-5-10(6-4-2)7(13)11-9(15)12-8(10)14/h3-4H,1-2,5-6H2;3-4H,1-2,5-6H2,(H2,11,12,13,14,15). The van der Waals surface area contributed by atoms with Crippen molar-refractivity contribution in [2.75, 3.05) is 0 Å². The molecule has 0 spiro atoms. The summed E-state index contributed by atoms with van der Waals surface area (Å²) in [7, 11) is 0. The highest BCUT2D eigenvalue weighted by atomic mass is 16.3. The minimum absolute atomic E-state index is 0.171. The van der Waals surface area contributed by atoms with Gasteiger partial charge in [0, 0.05) is 0 Å². The molecule has 10 nitrogen and oxygen atoms in total. The number of amides is 8. The lowest BCUT2D eigenvalue weighted by molar-refractivity contribution is -0.144. The number of rotatable bonds is 8. The van der Waals surface area contributed by atoms with E-state index in [0.717, 1.165) is 10.0 Å². The summed E-state index contributed by atoms with van der Waals surface area (Å²) < 4.78 is 0. The average molecular weight is 414 g/mol. The van der Waals surface area contributed by atoms with E-state index in [4.69, 9.17) is 0 Å². The van der Waals surface area contributed by atoms with Crippen molar-refractivity contribution < 1.29 is 28.8 Å². The quantitative estimate of drug-likeness (QED) is 0.350. The molecule has 3 aliphatic rings. The van der Waals surface area contributed by atoms with E-state index in [1.54, 1.807) is 0 Å². The van der Waals surface area contributed by atoms with Gasteiger partial charge < -0.3 is 0 Å². The molecule has 0 aliphatic carbocycles. The van der Waals surface area contributed by atoms with Crippen molar-refractivity contribution in [2.45, 2.75) is 25.7 Å². The molecular weight excluding hydrogens is 392 g/mol. The van der Waals surface area contributed by atoms with E-state index in [9.17, 15) is 28.8 Å². The van der Waals surface area contributed by atoms with Crippen LogP contribution < -0.4 is 10.6 Å². The molecular formula is C20H22N4O6. The minimum atomic E-state index is -1.28. The summed E-state index contributed by atoms with van der Waals surface area (Å²) in [6.45, 7) is 14.0. The van der Waals surface area contributed by atoms with E-state index in [2.05, 4.69) is 36.9 Å². The van der Waals surface area contributed by atoms with Crippen LogP contribution >= 0.6 is 0 Å². The highest BCUT2D eigenvalue weighted by Gasteiger charge is 2.70. The number of imide groups is 4. The monoisotopic (exact) mass is 414 g/mol. The second-order valence-electron chi connectivity index (χ2n) is 6.89. The number of hydrogen-bond donors (Lipinski definition) is 2. The van der Waals surface area contributed by atoms with Crippen LogP contribution in [0.4, 0.5) is 9.59 Å². The Morgan fingerprint density at radius 3 is 1.30 bits per heavy atom. The number of allylic oxidation sites excluding steroid dienone is 4. The number of barbiturate groups is 2. The lowest BCUT2D eigenvalue weighted by atomic mass is 9.78. The second kappa shape index (κ2) is 8.27. The second-order valence-corrected chi connectivity index (χ2v) is 6.89. The molecule has 3 aliphatic heterocycles. The van der Waals surface area contributed by atoms with Crippen molar-refractivity contribution in [3.05, 3.63) is 50.6 Å². The summed E-state index contributed by atoms with van der Waals surface area (Å²) in [6, 6.07) is -1.32. The third kappa shape index (κ3) is 3.36. The van der Waals surface area contributed by atoms with E-state index in [1.807, 2.05) is 0 Å². The van der Waals surface area contributed by atoms with E-state index in [1.165, 1.54) is 24.3 Å². The largest absolute Gasteiger partial charge is 0.373 e. The van der Waals surface area contributed by atoms with Crippen molar-refractivity contribution >= 4 is 35.7 Å². The van der Waals surface area contributed by atoms with Crippen LogP contribution in [0.1, 0.15) is 25.7 Å². The van der Waals surface area contributed by atoms with Gasteiger partial charge in [0.05, 0.1) is 0 Å². The van der Waals surface area contributed by atoms with E-state index >= 15 is 0 Å². The van der Waals surface area contributed by atoms with Crippen molar-refractivity contribution in [3.8, 4) is 0 Å². The maximum absolute atomic E-state index is 11.8. The maximum Gasteiger partial charge on any atom is 0.373 e. The Kier molecular flexibility index (Phi) is 6.20. The predicted octanol–water partition coefficient (Wildman–Crippen LogP) is 1.34. The summed E-state index contributed by atoms with van der Waals surface area (Å²) >= 11 is 0. The van der Waals surface area contributed by atoms with Crippen molar-refractivity contribution in [1.29, 1.82) is 0 Å². The van der Waals surface area contributed by atoms with Crippen LogP contribution in [0.2, 0.25) is 0 Å². The van der Waals surface area contributed by atoms with Crippen LogP contribution in [0, 0.1) is 10.8 Å². The lowest BCUT2D eigenvalue weighted by Crippen LogP contribution is -2.62. The molecule has 0 atom stereocenters. The highest BCUT2D eigenvalue weighted by Crippen LogP contribution is 2.45. The molecule has 0 aromatic heterocycles. The normalized spacial score (nSPS) is 20.4. The number of hydrazine groups is 1. The van der Waals surface area contributed by atoms with Gasteiger partial charge in [-0.25, -0.2) is 9.59 Å². The Morgan fingerprint density at radius 2 is 0.967 bits per heavy atom. The molecule has 3 fully saturated rings. The summed E-state index contributed by atoms with van der Waals surface area (Å²) in [5, 5.41) is 5.87. The number of nitrogens with zero attached hydrogens (tertiary/aromatic N) is 2. The summed E-state index contributed by atoms with van der Waals surface area (Å²) in [6.07, 6.45) is 6.77. The van der Waals surface area contributed by atoms with Crippen LogP contribution in [0.15, 0.2) is 50.6 Å². The molecule has 0 bridgehead atoms. The first-order chi connectivity index (χ1) is 14.2. The topological polar surface area (TPSA) is 132 Å². The first-order valence-electron chi connectivity index (χ1n) is 9.00. The Hall–Kier alpha value is -3.82. The summed E-state index contributed by atoms with van der Waals surface area (Å²) in [5.74, 6) is -2.12. The summed E-state index contributed by atoms with van der Waals surface area (Å²) in [5.41, 5.74) is -2.45. The maximum atomic E-state index is 11.8. The molecule has 3 rings (SSSR count). The molecule has 2 N–H and O–H groups in total.